The van der Waals surface area contributed by atoms with Gasteiger partial charge in [-0.05, 0) is 49.8 Å². The molecule has 28 heavy (non-hydrogen) atoms. The van der Waals surface area contributed by atoms with Crippen LogP contribution in [0, 0.1) is 12.3 Å². The first-order chi connectivity index (χ1) is 13.4. The van der Waals surface area contributed by atoms with E-state index in [1.807, 2.05) is 31.2 Å². The van der Waals surface area contributed by atoms with Crippen molar-refractivity contribution in [1.82, 2.24) is 5.32 Å². The number of thioether (sulfide) groups is 1. The molecule has 1 N–H and O–H groups in total. The molecule has 1 aromatic heterocycles. The first-order valence-electron chi connectivity index (χ1n) is 10.1. The van der Waals surface area contributed by atoms with E-state index in [1.165, 1.54) is 0 Å². The molecule has 0 saturated carbocycles. The van der Waals surface area contributed by atoms with Crippen molar-refractivity contribution in [2.24, 2.45) is 5.41 Å². The number of amides is 1. The van der Waals surface area contributed by atoms with E-state index in [0.29, 0.717) is 6.10 Å². The molecular weight excluding hydrogens is 370 g/mol. The number of nitrogens with one attached hydrogen (secondary N) is 1. The largest absolute Gasteiger partial charge is 0.466 e. The number of carbonyl (C=O) groups excluding carboxylic acids is 1. The number of furan rings is 1. The summed E-state index contributed by atoms with van der Waals surface area (Å²) >= 11 is 1.72. The highest BCUT2D eigenvalue weighted by Gasteiger charge is 2.36. The number of rotatable bonds is 5. The number of aryl methyl sites for hydroxylation is 1. The Morgan fingerprint density at radius 1 is 1.32 bits per heavy atom. The van der Waals surface area contributed by atoms with Crippen molar-refractivity contribution in [2.45, 2.75) is 63.5 Å². The normalized spacial score (nSPS) is 23.4. The molecule has 0 spiro atoms. The van der Waals surface area contributed by atoms with E-state index >= 15 is 0 Å². The predicted octanol–water partition coefficient (Wildman–Crippen LogP) is 5.30. The van der Waals surface area contributed by atoms with Crippen molar-refractivity contribution in [3.63, 3.8) is 0 Å². The first-order valence-corrected chi connectivity index (χ1v) is 11.1. The van der Waals surface area contributed by atoms with E-state index in [0.717, 1.165) is 65.6 Å². The molecule has 1 aliphatic heterocycles. The van der Waals surface area contributed by atoms with Crippen LogP contribution < -0.4 is 5.32 Å². The number of hydrogen-bond donors (Lipinski definition) is 1. The number of carbonyl (C=O) groups is 1. The van der Waals surface area contributed by atoms with Gasteiger partial charge >= 0.3 is 0 Å². The fraction of sp³-hybridized carbons (Fsp3) is 0.522. The van der Waals surface area contributed by atoms with Gasteiger partial charge in [0.05, 0.1) is 17.7 Å². The summed E-state index contributed by atoms with van der Waals surface area (Å²) in [6, 6.07) is 9.95. The minimum atomic E-state index is -0.0140. The van der Waals surface area contributed by atoms with Gasteiger partial charge in [-0.1, -0.05) is 26.0 Å². The quantitative estimate of drug-likeness (QED) is 0.693. The van der Waals surface area contributed by atoms with Crippen molar-refractivity contribution >= 4 is 17.7 Å². The number of ether oxygens (including phenoxy) is 1. The van der Waals surface area contributed by atoms with Crippen molar-refractivity contribution in [3.8, 4) is 0 Å². The zero-order chi connectivity index (χ0) is 19.7. The van der Waals surface area contributed by atoms with Gasteiger partial charge in [-0.3, -0.25) is 4.79 Å². The Hall–Kier alpha value is -1.72. The van der Waals surface area contributed by atoms with Crippen LogP contribution in [-0.2, 0) is 11.2 Å². The van der Waals surface area contributed by atoms with Crippen LogP contribution >= 0.6 is 11.8 Å². The Morgan fingerprint density at radius 3 is 2.93 bits per heavy atom. The third-order valence-corrected chi connectivity index (χ3v) is 6.83. The average molecular weight is 400 g/mol. The topological polar surface area (TPSA) is 51.5 Å². The lowest BCUT2D eigenvalue weighted by atomic mass is 9.74. The van der Waals surface area contributed by atoms with E-state index in [1.54, 1.807) is 11.8 Å². The Labute approximate surface area is 171 Å². The molecule has 2 heterocycles. The molecule has 2 aliphatic rings. The van der Waals surface area contributed by atoms with E-state index in [4.69, 9.17) is 9.15 Å². The second kappa shape index (κ2) is 7.96. The summed E-state index contributed by atoms with van der Waals surface area (Å²) < 4.78 is 11.6. The van der Waals surface area contributed by atoms with Gasteiger partial charge in [0.15, 0.2) is 0 Å². The third-order valence-electron chi connectivity index (χ3n) is 5.62. The Balaban J connectivity index is 1.51. The molecule has 0 bridgehead atoms. The lowest BCUT2D eigenvalue weighted by Gasteiger charge is -2.34. The molecule has 1 saturated heterocycles. The fourth-order valence-electron chi connectivity index (χ4n) is 4.29. The Bertz CT molecular complexity index is 851. The molecule has 5 heteroatoms. The van der Waals surface area contributed by atoms with Crippen LogP contribution in [0.4, 0.5) is 0 Å². The summed E-state index contributed by atoms with van der Waals surface area (Å²) in [5.41, 5.74) is 1.98. The zero-order valence-corrected chi connectivity index (χ0v) is 17.7. The maximum Gasteiger partial charge on any atom is 0.252 e. The third kappa shape index (κ3) is 4.31. The highest BCUT2D eigenvalue weighted by molar-refractivity contribution is 7.99. The molecule has 2 atom stereocenters. The van der Waals surface area contributed by atoms with Gasteiger partial charge in [0.1, 0.15) is 11.5 Å². The van der Waals surface area contributed by atoms with Crippen LogP contribution in [0.5, 0.6) is 0 Å². The summed E-state index contributed by atoms with van der Waals surface area (Å²) in [4.78, 5) is 14.2. The summed E-state index contributed by atoms with van der Waals surface area (Å²) in [5, 5.41) is 3.29. The molecular formula is C23H29NO3S. The molecule has 2 unspecified atom stereocenters. The number of fused-ring (bicyclic) bond motifs is 1. The molecule has 4 rings (SSSR count). The second-order valence-corrected chi connectivity index (χ2v) is 9.81. The van der Waals surface area contributed by atoms with Crippen molar-refractivity contribution < 1.29 is 13.9 Å². The van der Waals surface area contributed by atoms with Crippen molar-refractivity contribution in [1.29, 1.82) is 0 Å². The minimum Gasteiger partial charge on any atom is -0.466 e. The van der Waals surface area contributed by atoms with Crippen LogP contribution in [0.3, 0.4) is 0 Å². The van der Waals surface area contributed by atoms with Crippen LogP contribution in [0.2, 0.25) is 0 Å². The van der Waals surface area contributed by atoms with Gasteiger partial charge in [-0.25, -0.2) is 0 Å². The van der Waals surface area contributed by atoms with Crippen LogP contribution in [-0.4, -0.2) is 24.4 Å². The Kier molecular flexibility index (Phi) is 5.57. The maximum absolute atomic E-state index is 13.2. The van der Waals surface area contributed by atoms with Gasteiger partial charge in [0.25, 0.3) is 5.91 Å². The maximum atomic E-state index is 13.2. The van der Waals surface area contributed by atoms with Crippen LogP contribution in [0.15, 0.2) is 39.6 Å². The summed E-state index contributed by atoms with van der Waals surface area (Å²) in [6.45, 7) is 7.30. The first kappa shape index (κ1) is 19.6. The lowest BCUT2D eigenvalue weighted by Crippen LogP contribution is -2.36. The number of benzene rings is 1. The van der Waals surface area contributed by atoms with Crippen LogP contribution in [0.1, 0.15) is 66.6 Å². The predicted molar refractivity (Wildman–Crippen MR) is 112 cm³/mol. The lowest BCUT2D eigenvalue weighted by molar-refractivity contribution is 0.0914. The molecule has 0 radical (unpaired) electrons. The standard InChI is InChI=1S/C23H29NO3S/c1-15-11-18-19(12-23(2,3)13-20(18)27-15)24-22(25)17-8-4-5-9-21(17)28-14-16-7-6-10-26-16/h4-5,8-9,11,16,19H,6-7,10,12-14H2,1-3H3,(H,24,25). The van der Waals surface area contributed by atoms with Gasteiger partial charge in [-0.2, -0.15) is 0 Å². The second-order valence-electron chi connectivity index (χ2n) is 8.75. The summed E-state index contributed by atoms with van der Waals surface area (Å²) in [5.74, 6) is 2.81. The molecule has 1 fully saturated rings. The summed E-state index contributed by atoms with van der Waals surface area (Å²) in [6.07, 6.45) is 4.38. The molecule has 2 aromatic rings. The van der Waals surface area contributed by atoms with E-state index in [-0.39, 0.29) is 17.4 Å². The summed E-state index contributed by atoms with van der Waals surface area (Å²) in [7, 11) is 0. The van der Waals surface area contributed by atoms with Gasteiger partial charge in [0, 0.05) is 29.2 Å². The zero-order valence-electron chi connectivity index (χ0n) is 16.9. The Morgan fingerprint density at radius 2 is 2.14 bits per heavy atom. The highest BCUT2D eigenvalue weighted by atomic mass is 32.2. The van der Waals surface area contributed by atoms with Gasteiger partial charge in [0.2, 0.25) is 0 Å². The molecule has 1 aliphatic carbocycles. The molecule has 150 valence electrons. The van der Waals surface area contributed by atoms with Gasteiger partial charge < -0.3 is 14.5 Å². The van der Waals surface area contributed by atoms with Crippen LogP contribution in [0.25, 0.3) is 0 Å². The smallest absolute Gasteiger partial charge is 0.252 e. The van der Waals surface area contributed by atoms with E-state index in [9.17, 15) is 4.79 Å². The van der Waals surface area contributed by atoms with Gasteiger partial charge in [-0.15, -0.1) is 11.8 Å². The van der Waals surface area contributed by atoms with Crippen molar-refractivity contribution in [2.75, 3.05) is 12.4 Å². The fourth-order valence-corrected chi connectivity index (χ4v) is 5.41. The SMILES string of the molecule is Cc1cc2c(o1)CC(C)(C)CC2NC(=O)c1ccccc1SCC1CCCO1. The molecule has 1 amide bonds. The number of hydrogen-bond acceptors (Lipinski definition) is 4. The van der Waals surface area contributed by atoms with Crippen molar-refractivity contribution in [3.05, 3.63) is 53.0 Å². The molecule has 1 aromatic carbocycles. The molecule has 4 nitrogen and oxygen atoms in total. The monoisotopic (exact) mass is 399 g/mol. The minimum absolute atomic E-state index is 0.0112. The van der Waals surface area contributed by atoms with E-state index < -0.39 is 0 Å². The highest BCUT2D eigenvalue weighted by Crippen LogP contribution is 2.42. The average Bonchev–Trinajstić information content (AvgIpc) is 3.28. The van der Waals surface area contributed by atoms with E-state index in [2.05, 4.69) is 25.2 Å².